The SMILES string of the molecule is CCNCC1CCN(C(=O)Cc2nc(-c3cccs3)oc2C)CC1. The van der Waals surface area contributed by atoms with E-state index in [-0.39, 0.29) is 5.91 Å². The van der Waals surface area contributed by atoms with Crippen molar-refractivity contribution in [2.45, 2.75) is 33.1 Å². The molecule has 1 N–H and O–H groups in total. The van der Waals surface area contributed by atoms with E-state index >= 15 is 0 Å². The van der Waals surface area contributed by atoms with Gasteiger partial charge in [-0.15, -0.1) is 11.3 Å². The minimum Gasteiger partial charge on any atom is -0.440 e. The highest BCUT2D eigenvalue weighted by atomic mass is 32.1. The zero-order chi connectivity index (χ0) is 16.9. The predicted octanol–water partition coefficient (Wildman–Crippen LogP) is 3.10. The molecule has 2 aromatic rings. The van der Waals surface area contributed by atoms with Crippen molar-refractivity contribution < 1.29 is 9.21 Å². The third-order valence-electron chi connectivity index (χ3n) is 4.59. The molecule has 0 spiro atoms. The third kappa shape index (κ3) is 4.05. The molecule has 5 nitrogen and oxygen atoms in total. The summed E-state index contributed by atoms with van der Waals surface area (Å²) < 4.78 is 5.73. The number of oxazole rings is 1. The molecule has 3 heterocycles. The van der Waals surface area contributed by atoms with Crippen LogP contribution >= 0.6 is 11.3 Å². The Labute approximate surface area is 147 Å². The average molecular weight is 347 g/mol. The topological polar surface area (TPSA) is 58.4 Å². The van der Waals surface area contributed by atoms with Gasteiger partial charge in [-0.1, -0.05) is 13.0 Å². The van der Waals surface area contributed by atoms with Crippen molar-refractivity contribution in [3.63, 3.8) is 0 Å². The molecule has 0 aromatic carbocycles. The molecule has 130 valence electrons. The molecular formula is C18H25N3O2S. The van der Waals surface area contributed by atoms with E-state index in [1.807, 2.05) is 29.3 Å². The van der Waals surface area contributed by atoms with Gasteiger partial charge < -0.3 is 14.6 Å². The van der Waals surface area contributed by atoms with Gasteiger partial charge in [-0.05, 0) is 50.2 Å². The second-order valence-electron chi connectivity index (χ2n) is 6.31. The molecule has 1 aliphatic rings. The summed E-state index contributed by atoms with van der Waals surface area (Å²) >= 11 is 1.59. The van der Waals surface area contributed by atoms with Crippen LogP contribution in [0.1, 0.15) is 31.2 Å². The van der Waals surface area contributed by atoms with E-state index in [0.717, 1.165) is 55.4 Å². The second-order valence-corrected chi connectivity index (χ2v) is 7.26. The second kappa shape index (κ2) is 7.94. The van der Waals surface area contributed by atoms with E-state index in [4.69, 9.17) is 4.42 Å². The molecule has 1 amide bonds. The van der Waals surface area contributed by atoms with Crippen molar-refractivity contribution in [3.05, 3.63) is 29.0 Å². The smallest absolute Gasteiger partial charge is 0.236 e. The van der Waals surface area contributed by atoms with Crippen LogP contribution in [0.3, 0.4) is 0 Å². The quantitative estimate of drug-likeness (QED) is 0.872. The maximum Gasteiger partial charge on any atom is 0.236 e. The van der Waals surface area contributed by atoms with Gasteiger partial charge in [0, 0.05) is 13.1 Å². The summed E-state index contributed by atoms with van der Waals surface area (Å²) in [5.74, 6) is 2.21. The van der Waals surface area contributed by atoms with Crippen molar-refractivity contribution >= 4 is 17.2 Å². The van der Waals surface area contributed by atoms with E-state index in [2.05, 4.69) is 17.2 Å². The average Bonchev–Trinajstić information content (AvgIpc) is 3.24. The minimum absolute atomic E-state index is 0.158. The van der Waals surface area contributed by atoms with Crippen molar-refractivity contribution in [1.29, 1.82) is 0 Å². The molecule has 0 atom stereocenters. The molecule has 0 unspecified atom stereocenters. The Balaban J connectivity index is 1.56. The standard InChI is InChI=1S/C18H25N3O2S/c1-3-19-12-14-6-8-21(9-7-14)17(22)11-15-13(2)23-18(20-15)16-5-4-10-24-16/h4-5,10,14,19H,3,6-9,11-12H2,1-2H3. The Kier molecular flexibility index (Phi) is 5.68. The van der Waals surface area contributed by atoms with Gasteiger partial charge >= 0.3 is 0 Å². The fraction of sp³-hybridized carbons (Fsp3) is 0.556. The van der Waals surface area contributed by atoms with Crippen molar-refractivity contribution in [2.75, 3.05) is 26.2 Å². The monoisotopic (exact) mass is 347 g/mol. The largest absolute Gasteiger partial charge is 0.440 e. The number of rotatable bonds is 6. The van der Waals surface area contributed by atoms with Gasteiger partial charge in [0.15, 0.2) is 0 Å². The van der Waals surface area contributed by atoms with Gasteiger partial charge in [0.1, 0.15) is 5.76 Å². The van der Waals surface area contributed by atoms with Crippen molar-refractivity contribution in [1.82, 2.24) is 15.2 Å². The van der Waals surface area contributed by atoms with Gasteiger partial charge in [0.05, 0.1) is 17.0 Å². The van der Waals surface area contributed by atoms with Crippen LogP contribution in [0.15, 0.2) is 21.9 Å². The molecule has 2 aromatic heterocycles. The lowest BCUT2D eigenvalue weighted by Gasteiger charge is -2.32. The zero-order valence-electron chi connectivity index (χ0n) is 14.4. The number of hydrogen-bond donors (Lipinski definition) is 1. The van der Waals surface area contributed by atoms with Gasteiger partial charge in [-0.25, -0.2) is 4.98 Å². The lowest BCUT2D eigenvalue weighted by Crippen LogP contribution is -2.41. The van der Waals surface area contributed by atoms with Crippen LogP contribution in [0.4, 0.5) is 0 Å². The molecular weight excluding hydrogens is 322 g/mol. The van der Waals surface area contributed by atoms with E-state index in [0.29, 0.717) is 18.2 Å². The van der Waals surface area contributed by atoms with Crippen LogP contribution in [-0.4, -0.2) is 42.0 Å². The number of nitrogens with zero attached hydrogens (tertiary/aromatic N) is 2. The fourth-order valence-electron chi connectivity index (χ4n) is 3.09. The van der Waals surface area contributed by atoms with Crippen LogP contribution in [0, 0.1) is 12.8 Å². The molecule has 6 heteroatoms. The normalized spacial score (nSPS) is 15.8. The number of aryl methyl sites for hydroxylation is 1. The number of piperidine rings is 1. The number of hydrogen-bond acceptors (Lipinski definition) is 5. The van der Waals surface area contributed by atoms with E-state index in [1.54, 1.807) is 11.3 Å². The molecule has 0 bridgehead atoms. The van der Waals surface area contributed by atoms with Gasteiger partial charge in [0.2, 0.25) is 11.8 Å². The Morgan fingerprint density at radius 1 is 1.46 bits per heavy atom. The van der Waals surface area contributed by atoms with E-state index in [9.17, 15) is 4.79 Å². The predicted molar refractivity (Wildman–Crippen MR) is 96.1 cm³/mol. The maximum absolute atomic E-state index is 12.6. The van der Waals surface area contributed by atoms with Crippen LogP contribution in [0.2, 0.25) is 0 Å². The van der Waals surface area contributed by atoms with E-state index < -0.39 is 0 Å². The van der Waals surface area contributed by atoms with Crippen molar-refractivity contribution in [2.24, 2.45) is 5.92 Å². The van der Waals surface area contributed by atoms with Crippen LogP contribution in [0.5, 0.6) is 0 Å². The fourth-order valence-corrected chi connectivity index (χ4v) is 3.74. The maximum atomic E-state index is 12.6. The molecule has 1 fully saturated rings. The first-order chi connectivity index (χ1) is 11.7. The van der Waals surface area contributed by atoms with Gasteiger partial charge in [-0.2, -0.15) is 0 Å². The lowest BCUT2D eigenvalue weighted by atomic mass is 9.96. The van der Waals surface area contributed by atoms with Crippen molar-refractivity contribution in [3.8, 4) is 10.8 Å². The van der Waals surface area contributed by atoms with Crippen LogP contribution in [0.25, 0.3) is 10.8 Å². The summed E-state index contributed by atoms with van der Waals surface area (Å²) in [6.45, 7) is 7.79. The molecule has 0 radical (unpaired) electrons. The number of likely N-dealkylation sites (tertiary alicyclic amines) is 1. The number of carbonyl (C=O) groups is 1. The van der Waals surface area contributed by atoms with E-state index in [1.165, 1.54) is 0 Å². The Morgan fingerprint density at radius 3 is 2.92 bits per heavy atom. The first-order valence-corrected chi connectivity index (χ1v) is 9.54. The molecule has 3 rings (SSSR count). The molecule has 1 aliphatic heterocycles. The number of nitrogens with one attached hydrogen (secondary N) is 1. The summed E-state index contributed by atoms with van der Waals surface area (Å²) in [5, 5.41) is 5.40. The van der Waals surface area contributed by atoms with Gasteiger partial charge in [-0.3, -0.25) is 4.79 Å². The summed E-state index contributed by atoms with van der Waals surface area (Å²) in [4.78, 5) is 20.1. The lowest BCUT2D eigenvalue weighted by molar-refractivity contribution is -0.131. The highest BCUT2D eigenvalue weighted by molar-refractivity contribution is 7.13. The number of thiophene rings is 1. The first-order valence-electron chi connectivity index (χ1n) is 8.66. The summed E-state index contributed by atoms with van der Waals surface area (Å²) in [6, 6.07) is 3.96. The highest BCUT2D eigenvalue weighted by Crippen LogP contribution is 2.26. The minimum atomic E-state index is 0.158. The molecule has 24 heavy (non-hydrogen) atoms. The summed E-state index contributed by atoms with van der Waals surface area (Å²) in [7, 11) is 0. The Bertz CT molecular complexity index is 658. The Morgan fingerprint density at radius 2 is 2.25 bits per heavy atom. The number of aromatic nitrogens is 1. The highest BCUT2D eigenvalue weighted by Gasteiger charge is 2.24. The first kappa shape index (κ1) is 17.2. The Hall–Kier alpha value is -1.66. The van der Waals surface area contributed by atoms with Gasteiger partial charge in [0.25, 0.3) is 0 Å². The number of amides is 1. The van der Waals surface area contributed by atoms with Crippen LogP contribution < -0.4 is 5.32 Å². The molecule has 0 saturated carbocycles. The van der Waals surface area contributed by atoms with Crippen LogP contribution in [-0.2, 0) is 11.2 Å². The summed E-state index contributed by atoms with van der Waals surface area (Å²) in [5.41, 5.74) is 0.762. The molecule has 0 aliphatic carbocycles. The molecule has 1 saturated heterocycles. The third-order valence-corrected chi connectivity index (χ3v) is 5.45. The zero-order valence-corrected chi connectivity index (χ0v) is 15.2. The summed E-state index contributed by atoms with van der Waals surface area (Å²) in [6.07, 6.45) is 2.49. The number of carbonyl (C=O) groups excluding carboxylic acids is 1.